The van der Waals surface area contributed by atoms with E-state index in [2.05, 4.69) is 5.32 Å². The van der Waals surface area contributed by atoms with Crippen molar-refractivity contribution in [3.63, 3.8) is 0 Å². The van der Waals surface area contributed by atoms with E-state index in [4.69, 9.17) is 0 Å². The van der Waals surface area contributed by atoms with Gasteiger partial charge in [-0.3, -0.25) is 4.79 Å². The summed E-state index contributed by atoms with van der Waals surface area (Å²) in [7, 11) is 0. The molecule has 0 spiro atoms. The first-order valence-corrected chi connectivity index (χ1v) is 7.14. The van der Waals surface area contributed by atoms with Crippen LogP contribution in [0.3, 0.4) is 0 Å². The third-order valence-electron chi connectivity index (χ3n) is 3.99. The highest BCUT2D eigenvalue weighted by atomic mass is 19.1. The normalized spacial score (nSPS) is 22.0. The smallest absolute Gasteiger partial charge is 0.257 e. The number of nitrogens with zero attached hydrogens (tertiary/aromatic N) is 1. The summed E-state index contributed by atoms with van der Waals surface area (Å²) >= 11 is 0. The Kier molecular flexibility index (Phi) is 3.70. The molecule has 1 N–H and O–H groups in total. The number of carbonyl (C=O) groups is 1. The van der Waals surface area contributed by atoms with E-state index in [-0.39, 0.29) is 17.5 Å². The largest absolute Gasteiger partial charge is 0.334 e. The van der Waals surface area contributed by atoms with Gasteiger partial charge in [0, 0.05) is 24.7 Å². The maximum Gasteiger partial charge on any atom is 0.257 e. The van der Waals surface area contributed by atoms with Crippen molar-refractivity contribution in [2.45, 2.75) is 37.8 Å². The van der Waals surface area contributed by atoms with Crippen LogP contribution in [0.2, 0.25) is 0 Å². The highest BCUT2D eigenvalue weighted by molar-refractivity contribution is 5.95. The van der Waals surface area contributed by atoms with Gasteiger partial charge < -0.3 is 10.2 Å². The Morgan fingerprint density at radius 3 is 2.70 bits per heavy atom. The molecule has 20 heavy (non-hydrogen) atoms. The van der Waals surface area contributed by atoms with Crippen molar-refractivity contribution in [1.29, 1.82) is 0 Å². The minimum Gasteiger partial charge on any atom is -0.334 e. The number of hydrogen-bond acceptors (Lipinski definition) is 2. The summed E-state index contributed by atoms with van der Waals surface area (Å²) in [6.45, 7) is 1.59. The number of amides is 1. The van der Waals surface area contributed by atoms with E-state index >= 15 is 0 Å². The van der Waals surface area contributed by atoms with Crippen molar-refractivity contribution in [2.24, 2.45) is 0 Å². The van der Waals surface area contributed by atoms with Crippen LogP contribution in [-0.4, -0.2) is 36.0 Å². The highest BCUT2D eigenvalue weighted by Gasteiger charge is 2.35. The van der Waals surface area contributed by atoms with Crippen molar-refractivity contribution in [2.75, 3.05) is 13.1 Å². The molecule has 1 unspecified atom stereocenters. The quantitative estimate of drug-likeness (QED) is 0.918. The second-order valence-electron chi connectivity index (χ2n) is 5.61. The van der Waals surface area contributed by atoms with Crippen LogP contribution in [0.1, 0.15) is 36.0 Å². The molecule has 0 aromatic heterocycles. The standard InChI is InChI=1S/C15H18F2N2O/c16-10-3-6-13(14(17)8-10)15(20)19(12-4-5-12)9-11-2-1-7-18-11/h3,6,8,11-12,18H,1-2,4-5,7,9H2. The summed E-state index contributed by atoms with van der Waals surface area (Å²) in [5.41, 5.74) is -0.0312. The predicted octanol–water partition coefficient (Wildman–Crippen LogP) is 2.32. The number of rotatable bonds is 4. The van der Waals surface area contributed by atoms with Crippen molar-refractivity contribution < 1.29 is 13.6 Å². The number of nitrogens with one attached hydrogen (secondary N) is 1. The van der Waals surface area contributed by atoms with Gasteiger partial charge in [-0.25, -0.2) is 8.78 Å². The minimum absolute atomic E-state index is 0.0312. The number of hydrogen-bond donors (Lipinski definition) is 1. The van der Waals surface area contributed by atoms with E-state index in [9.17, 15) is 13.6 Å². The predicted molar refractivity (Wildman–Crippen MR) is 71.4 cm³/mol. The van der Waals surface area contributed by atoms with Gasteiger partial charge in [-0.2, -0.15) is 0 Å². The molecular formula is C15H18F2N2O. The van der Waals surface area contributed by atoms with Crippen LogP contribution in [0, 0.1) is 11.6 Å². The molecule has 1 saturated carbocycles. The number of benzene rings is 1. The van der Waals surface area contributed by atoms with Crippen molar-refractivity contribution >= 4 is 5.91 Å². The lowest BCUT2D eigenvalue weighted by Gasteiger charge is -2.26. The minimum atomic E-state index is -0.778. The summed E-state index contributed by atoms with van der Waals surface area (Å²) in [6, 6.07) is 3.66. The maximum atomic E-state index is 13.8. The zero-order chi connectivity index (χ0) is 14.1. The SMILES string of the molecule is O=C(c1ccc(F)cc1F)N(CC1CCCN1)C1CC1. The monoisotopic (exact) mass is 280 g/mol. The van der Waals surface area contributed by atoms with E-state index < -0.39 is 11.6 Å². The van der Waals surface area contributed by atoms with Crippen LogP contribution in [-0.2, 0) is 0 Å². The molecule has 1 aliphatic heterocycles. The lowest BCUT2D eigenvalue weighted by Crippen LogP contribution is -2.42. The fourth-order valence-electron chi connectivity index (χ4n) is 2.75. The van der Waals surface area contributed by atoms with E-state index in [1.54, 1.807) is 4.90 Å². The summed E-state index contributed by atoms with van der Waals surface area (Å²) < 4.78 is 26.7. The van der Waals surface area contributed by atoms with Gasteiger partial charge in [0.2, 0.25) is 0 Å². The second kappa shape index (κ2) is 5.48. The zero-order valence-electron chi connectivity index (χ0n) is 11.2. The zero-order valence-corrected chi connectivity index (χ0v) is 11.2. The average molecular weight is 280 g/mol. The summed E-state index contributed by atoms with van der Waals surface area (Å²) in [5, 5.41) is 3.35. The molecule has 5 heteroatoms. The van der Waals surface area contributed by atoms with Gasteiger partial charge in [0.1, 0.15) is 11.6 Å². The summed E-state index contributed by atoms with van der Waals surface area (Å²) in [4.78, 5) is 14.2. The van der Waals surface area contributed by atoms with E-state index in [1.807, 2.05) is 0 Å². The highest BCUT2D eigenvalue weighted by Crippen LogP contribution is 2.29. The third kappa shape index (κ3) is 2.82. The lowest BCUT2D eigenvalue weighted by molar-refractivity contribution is 0.0723. The fourth-order valence-corrected chi connectivity index (χ4v) is 2.75. The molecule has 0 radical (unpaired) electrons. The molecule has 1 atom stereocenters. The van der Waals surface area contributed by atoms with Crippen molar-refractivity contribution in [3.8, 4) is 0 Å². The molecule has 0 bridgehead atoms. The summed E-state index contributed by atoms with van der Waals surface area (Å²) in [5.74, 6) is -1.76. The lowest BCUT2D eigenvalue weighted by atomic mass is 10.1. The molecule has 1 aliphatic carbocycles. The summed E-state index contributed by atoms with van der Waals surface area (Å²) in [6.07, 6.45) is 4.10. The number of halogens is 2. The topological polar surface area (TPSA) is 32.3 Å². The van der Waals surface area contributed by atoms with E-state index in [0.29, 0.717) is 12.6 Å². The van der Waals surface area contributed by atoms with Gasteiger partial charge in [-0.15, -0.1) is 0 Å². The maximum absolute atomic E-state index is 13.8. The van der Waals surface area contributed by atoms with Gasteiger partial charge >= 0.3 is 0 Å². The second-order valence-corrected chi connectivity index (χ2v) is 5.61. The van der Waals surface area contributed by atoms with Gasteiger partial charge in [0.25, 0.3) is 5.91 Å². The van der Waals surface area contributed by atoms with E-state index in [1.165, 1.54) is 6.07 Å². The van der Waals surface area contributed by atoms with E-state index in [0.717, 1.165) is 44.4 Å². The Morgan fingerprint density at radius 1 is 1.30 bits per heavy atom. The Labute approximate surface area is 117 Å². The van der Waals surface area contributed by atoms with Crippen molar-refractivity contribution in [3.05, 3.63) is 35.4 Å². The molecular weight excluding hydrogens is 262 g/mol. The molecule has 1 aromatic carbocycles. The molecule has 1 aromatic rings. The van der Waals surface area contributed by atoms with Crippen LogP contribution in [0.5, 0.6) is 0 Å². The Hall–Kier alpha value is -1.49. The molecule has 2 fully saturated rings. The molecule has 1 amide bonds. The number of carbonyl (C=O) groups excluding carboxylic acids is 1. The van der Waals surface area contributed by atoms with Crippen LogP contribution in [0.25, 0.3) is 0 Å². The Morgan fingerprint density at radius 2 is 2.10 bits per heavy atom. The van der Waals surface area contributed by atoms with Crippen LogP contribution < -0.4 is 5.32 Å². The van der Waals surface area contributed by atoms with Crippen LogP contribution in [0.15, 0.2) is 18.2 Å². The molecule has 108 valence electrons. The molecule has 3 rings (SSSR count). The van der Waals surface area contributed by atoms with Crippen LogP contribution >= 0.6 is 0 Å². The Balaban J connectivity index is 1.77. The van der Waals surface area contributed by atoms with Crippen LogP contribution in [0.4, 0.5) is 8.78 Å². The average Bonchev–Trinajstić information content (AvgIpc) is 3.12. The first-order chi connectivity index (χ1) is 9.65. The third-order valence-corrected chi connectivity index (χ3v) is 3.99. The molecule has 1 heterocycles. The van der Waals surface area contributed by atoms with Gasteiger partial charge in [-0.05, 0) is 44.4 Å². The van der Waals surface area contributed by atoms with Gasteiger partial charge in [-0.1, -0.05) is 0 Å². The molecule has 3 nitrogen and oxygen atoms in total. The first-order valence-electron chi connectivity index (χ1n) is 7.14. The van der Waals surface area contributed by atoms with Gasteiger partial charge in [0.15, 0.2) is 0 Å². The fraction of sp³-hybridized carbons (Fsp3) is 0.533. The van der Waals surface area contributed by atoms with Crippen molar-refractivity contribution in [1.82, 2.24) is 10.2 Å². The first kappa shape index (κ1) is 13.5. The molecule has 1 saturated heterocycles. The van der Waals surface area contributed by atoms with Gasteiger partial charge in [0.05, 0.1) is 5.56 Å². The Bertz CT molecular complexity index is 511. The molecule has 2 aliphatic rings.